The molecule has 2 N–H and O–H groups in total. The largest absolute Gasteiger partial charge is 0.508 e. The second kappa shape index (κ2) is 7.61. The maximum atomic E-state index is 9.64. The molecule has 0 saturated carbocycles. The molecule has 5 nitrogen and oxygen atoms in total. The number of aryl methyl sites for hydroxylation is 1. The second-order valence-electron chi connectivity index (χ2n) is 6.13. The van der Waals surface area contributed by atoms with Crippen molar-refractivity contribution in [1.82, 2.24) is 4.90 Å². The molecule has 2 aromatic rings. The van der Waals surface area contributed by atoms with Crippen molar-refractivity contribution < 1.29 is 9.84 Å². The van der Waals surface area contributed by atoms with E-state index in [-0.39, 0.29) is 0 Å². The first-order valence-corrected chi connectivity index (χ1v) is 8.72. The van der Waals surface area contributed by atoms with Crippen molar-refractivity contribution in [2.45, 2.75) is 6.92 Å². The monoisotopic (exact) mass is 357 g/mol. The zero-order valence-corrected chi connectivity index (χ0v) is 15.3. The van der Waals surface area contributed by atoms with E-state index in [0.29, 0.717) is 10.9 Å². The van der Waals surface area contributed by atoms with E-state index in [4.69, 9.17) is 17.0 Å². The molecule has 1 saturated heterocycles. The minimum Gasteiger partial charge on any atom is -0.508 e. The van der Waals surface area contributed by atoms with Crippen LogP contribution in [0.2, 0.25) is 0 Å². The van der Waals surface area contributed by atoms with Crippen molar-refractivity contribution in [2.24, 2.45) is 0 Å². The normalized spacial score (nSPS) is 14.3. The lowest BCUT2D eigenvalue weighted by atomic mass is 10.2. The average molecular weight is 357 g/mol. The molecule has 0 radical (unpaired) electrons. The Hall–Kier alpha value is -2.47. The van der Waals surface area contributed by atoms with Crippen molar-refractivity contribution in [1.29, 1.82) is 0 Å². The van der Waals surface area contributed by atoms with E-state index >= 15 is 0 Å². The van der Waals surface area contributed by atoms with Gasteiger partial charge in [-0.2, -0.15) is 0 Å². The number of rotatable bonds is 3. The third-order valence-electron chi connectivity index (χ3n) is 4.36. The van der Waals surface area contributed by atoms with Crippen LogP contribution in [0.25, 0.3) is 0 Å². The molecule has 25 heavy (non-hydrogen) atoms. The summed E-state index contributed by atoms with van der Waals surface area (Å²) in [7, 11) is 1.66. The van der Waals surface area contributed by atoms with Crippen LogP contribution in [0.5, 0.6) is 11.5 Å². The van der Waals surface area contributed by atoms with Crippen LogP contribution in [0.15, 0.2) is 42.5 Å². The van der Waals surface area contributed by atoms with Gasteiger partial charge in [-0.1, -0.05) is 12.1 Å². The summed E-state index contributed by atoms with van der Waals surface area (Å²) in [6.07, 6.45) is 0. The number of phenols is 1. The highest BCUT2D eigenvalue weighted by Crippen LogP contribution is 2.26. The molecule has 0 amide bonds. The van der Waals surface area contributed by atoms with Crippen LogP contribution in [0.1, 0.15) is 5.56 Å². The molecule has 0 bridgehead atoms. The summed E-state index contributed by atoms with van der Waals surface area (Å²) in [5.74, 6) is 1.08. The molecule has 0 spiro atoms. The number of benzene rings is 2. The van der Waals surface area contributed by atoms with Crippen molar-refractivity contribution in [3.05, 3.63) is 48.0 Å². The van der Waals surface area contributed by atoms with Gasteiger partial charge in [-0.25, -0.2) is 0 Å². The van der Waals surface area contributed by atoms with Gasteiger partial charge in [0.1, 0.15) is 11.5 Å². The topological polar surface area (TPSA) is 48.0 Å². The summed E-state index contributed by atoms with van der Waals surface area (Å²) in [4.78, 5) is 4.42. The van der Waals surface area contributed by atoms with E-state index in [9.17, 15) is 5.11 Å². The molecule has 6 heteroatoms. The van der Waals surface area contributed by atoms with Crippen LogP contribution in [-0.2, 0) is 0 Å². The molecule has 0 aromatic heterocycles. The number of nitrogens with zero attached hydrogens (tertiary/aromatic N) is 2. The zero-order chi connectivity index (χ0) is 17.8. The Labute approximate surface area is 153 Å². The summed E-state index contributed by atoms with van der Waals surface area (Å²) in [5.41, 5.74) is 3.08. The summed E-state index contributed by atoms with van der Waals surface area (Å²) < 4.78 is 5.40. The van der Waals surface area contributed by atoms with Crippen molar-refractivity contribution in [3.63, 3.8) is 0 Å². The van der Waals surface area contributed by atoms with E-state index in [1.165, 1.54) is 0 Å². The standard InChI is InChI=1S/C19H23N3O2S/c1-14-6-7-18(24-2)17(12-14)20-19(25)22-10-8-21(9-11-22)15-4-3-5-16(23)13-15/h3-7,12-13,23H,8-11H2,1-2H3,(H,20,25). The highest BCUT2D eigenvalue weighted by Gasteiger charge is 2.20. The number of aromatic hydroxyl groups is 1. The van der Waals surface area contributed by atoms with Gasteiger partial charge in [0.15, 0.2) is 5.11 Å². The van der Waals surface area contributed by atoms with Gasteiger partial charge < -0.3 is 25.0 Å². The Balaban J connectivity index is 1.61. The van der Waals surface area contributed by atoms with E-state index in [2.05, 4.69) is 15.1 Å². The molecule has 0 atom stereocenters. The molecular formula is C19H23N3O2S. The lowest BCUT2D eigenvalue weighted by Gasteiger charge is -2.37. The SMILES string of the molecule is COc1ccc(C)cc1NC(=S)N1CCN(c2cccc(O)c2)CC1. The first-order valence-electron chi connectivity index (χ1n) is 8.31. The molecule has 0 aliphatic carbocycles. The highest BCUT2D eigenvalue weighted by atomic mass is 32.1. The molecule has 1 aliphatic heterocycles. The van der Waals surface area contributed by atoms with Crippen LogP contribution < -0.4 is 15.0 Å². The second-order valence-corrected chi connectivity index (χ2v) is 6.51. The maximum absolute atomic E-state index is 9.64. The van der Waals surface area contributed by atoms with E-state index in [0.717, 1.165) is 48.9 Å². The van der Waals surface area contributed by atoms with Crippen molar-refractivity contribution in [2.75, 3.05) is 43.5 Å². The van der Waals surface area contributed by atoms with Crippen LogP contribution in [-0.4, -0.2) is 48.4 Å². The lowest BCUT2D eigenvalue weighted by Crippen LogP contribution is -2.50. The number of methoxy groups -OCH3 is 1. The van der Waals surface area contributed by atoms with Crippen LogP contribution >= 0.6 is 12.2 Å². The number of ether oxygens (including phenoxy) is 1. The van der Waals surface area contributed by atoms with Gasteiger partial charge in [-0.15, -0.1) is 0 Å². The molecule has 1 fully saturated rings. The zero-order valence-electron chi connectivity index (χ0n) is 14.5. The molecule has 0 unspecified atom stereocenters. The predicted octanol–water partition coefficient (Wildman–Crippen LogP) is 3.23. The Morgan fingerprint density at radius 2 is 1.88 bits per heavy atom. The van der Waals surface area contributed by atoms with Gasteiger partial charge in [-0.3, -0.25) is 0 Å². The van der Waals surface area contributed by atoms with E-state index in [1.54, 1.807) is 19.2 Å². The van der Waals surface area contributed by atoms with Gasteiger partial charge in [0, 0.05) is 37.9 Å². The lowest BCUT2D eigenvalue weighted by molar-refractivity contribution is 0.389. The molecule has 2 aromatic carbocycles. The van der Waals surface area contributed by atoms with Gasteiger partial charge in [0.2, 0.25) is 0 Å². The molecule has 1 aliphatic rings. The minimum atomic E-state index is 0.295. The Bertz CT molecular complexity index is 758. The number of hydrogen-bond donors (Lipinski definition) is 2. The van der Waals surface area contributed by atoms with Gasteiger partial charge in [0.25, 0.3) is 0 Å². The number of thiocarbonyl (C=S) groups is 1. The fourth-order valence-corrected chi connectivity index (χ4v) is 3.26. The molecule has 132 valence electrons. The quantitative estimate of drug-likeness (QED) is 0.823. The van der Waals surface area contributed by atoms with E-state index in [1.807, 2.05) is 37.3 Å². The number of phenolic OH excluding ortho intramolecular Hbond substituents is 1. The molecule has 3 rings (SSSR count). The number of anilines is 2. The summed E-state index contributed by atoms with van der Waals surface area (Å²) in [6, 6.07) is 13.4. The van der Waals surface area contributed by atoms with Crippen LogP contribution in [0.4, 0.5) is 11.4 Å². The minimum absolute atomic E-state index is 0.295. The Morgan fingerprint density at radius 3 is 2.56 bits per heavy atom. The summed E-state index contributed by atoms with van der Waals surface area (Å²) in [6.45, 7) is 5.42. The average Bonchev–Trinajstić information content (AvgIpc) is 2.62. The van der Waals surface area contributed by atoms with Crippen molar-refractivity contribution >= 4 is 28.7 Å². The van der Waals surface area contributed by atoms with Crippen molar-refractivity contribution in [3.8, 4) is 11.5 Å². The fourth-order valence-electron chi connectivity index (χ4n) is 2.97. The van der Waals surface area contributed by atoms with Gasteiger partial charge in [0.05, 0.1) is 12.8 Å². The molecular weight excluding hydrogens is 334 g/mol. The third-order valence-corrected chi connectivity index (χ3v) is 4.72. The highest BCUT2D eigenvalue weighted by molar-refractivity contribution is 7.80. The van der Waals surface area contributed by atoms with E-state index < -0.39 is 0 Å². The number of piperazine rings is 1. The fraction of sp³-hybridized carbons (Fsp3) is 0.316. The van der Waals surface area contributed by atoms with Crippen LogP contribution in [0.3, 0.4) is 0 Å². The number of nitrogens with one attached hydrogen (secondary N) is 1. The summed E-state index contributed by atoms with van der Waals surface area (Å²) in [5, 5.41) is 13.7. The van der Waals surface area contributed by atoms with Gasteiger partial charge in [-0.05, 0) is 49.0 Å². The maximum Gasteiger partial charge on any atom is 0.173 e. The third kappa shape index (κ3) is 4.14. The summed E-state index contributed by atoms with van der Waals surface area (Å²) >= 11 is 5.58. The first-order chi connectivity index (χ1) is 12.1. The Morgan fingerprint density at radius 1 is 1.12 bits per heavy atom. The van der Waals surface area contributed by atoms with Crippen LogP contribution in [0, 0.1) is 6.92 Å². The Kier molecular flexibility index (Phi) is 5.28. The predicted molar refractivity (Wildman–Crippen MR) is 106 cm³/mol. The first kappa shape index (κ1) is 17.4. The smallest absolute Gasteiger partial charge is 0.173 e. The molecule has 1 heterocycles. The number of hydrogen-bond acceptors (Lipinski definition) is 4. The van der Waals surface area contributed by atoms with Gasteiger partial charge >= 0.3 is 0 Å².